The minimum Gasteiger partial charge on any atom is -0.481 e. The van der Waals surface area contributed by atoms with Crippen molar-refractivity contribution in [2.45, 2.75) is 6.92 Å². The fraction of sp³-hybridized carbons (Fsp3) is 0.222. The largest absolute Gasteiger partial charge is 0.481 e. The molecule has 0 aliphatic rings. The Hall–Kier alpha value is -1.91. The van der Waals surface area contributed by atoms with E-state index in [0.29, 0.717) is 23.4 Å². The first-order valence-electron chi connectivity index (χ1n) is 4.19. The Balaban J connectivity index is 2.36. The number of aromatic hydroxyl groups is 1. The second kappa shape index (κ2) is 3.10. The van der Waals surface area contributed by atoms with Crippen molar-refractivity contribution in [1.29, 1.82) is 0 Å². The van der Waals surface area contributed by atoms with Gasteiger partial charge in [-0.1, -0.05) is 0 Å². The van der Waals surface area contributed by atoms with Crippen LogP contribution in [-0.2, 0) is 4.74 Å². The highest BCUT2D eigenvalue weighted by molar-refractivity contribution is 5.93. The molecule has 2 N–H and O–H groups in total. The van der Waals surface area contributed by atoms with E-state index in [4.69, 9.17) is 14.3 Å². The third kappa shape index (κ3) is 1.32. The Labute approximate surface area is 79.3 Å². The summed E-state index contributed by atoms with van der Waals surface area (Å²) in [6.45, 7) is 2.06. The summed E-state index contributed by atoms with van der Waals surface area (Å²) < 4.78 is 9.68. The number of furan rings is 1. The SMILES string of the molecule is CCOC(=O)c1cc2oc(O)cc2[nH]1. The van der Waals surface area contributed by atoms with Crippen LogP contribution in [0.4, 0.5) is 0 Å². The third-order valence-corrected chi connectivity index (χ3v) is 1.79. The maximum atomic E-state index is 11.2. The van der Waals surface area contributed by atoms with E-state index in [2.05, 4.69) is 4.98 Å². The Morgan fingerprint density at radius 1 is 1.64 bits per heavy atom. The lowest BCUT2D eigenvalue weighted by Crippen LogP contribution is -2.04. The summed E-state index contributed by atoms with van der Waals surface area (Å²) in [5.74, 6) is -0.611. The van der Waals surface area contributed by atoms with Crippen LogP contribution in [0.5, 0.6) is 5.95 Å². The highest BCUT2D eigenvalue weighted by atomic mass is 16.5. The standard InChI is InChI=1S/C9H9NO4/c1-2-13-9(12)6-3-7-5(10-6)4-8(11)14-7/h3-4,10-11H,2H2,1H3. The molecule has 5 heteroatoms. The van der Waals surface area contributed by atoms with Gasteiger partial charge < -0.3 is 19.2 Å². The monoisotopic (exact) mass is 195 g/mol. The summed E-state index contributed by atoms with van der Waals surface area (Å²) in [7, 11) is 0. The Morgan fingerprint density at radius 3 is 3.07 bits per heavy atom. The van der Waals surface area contributed by atoms with Gasteiger partial charge in [-0.25, -0.2) is 4.79 Å². The van der Waals surface area contributed by atoms with Gasteiger partial charge in [0, 0.05) is 12.1 Å². The van der Waals surface area contributed by atoms with Crippen molar-refractivity contribution in [1.82, 2.24) is 4.98 Å². The summed E-state index contributed by atoms with van der Waals surface area (Å²) >= 11 is 0. The first-order valence-corrected chi connectivity index (χ1v) is 4.19. The van der Waals surface area contributed by atoms with E-state index in [0.717, 1.165) is 0 Å². The van der Waals surface area contributed by atoms with Crippen LogP contribution >= 0.6 is 0 Å². The summed E-state index contributed by atoms with van der Waals surface area (Å²) in [6.07, 6.45) is 0. The first kappa shape index (κ1) is 8.68. The molecule has 0 fully saturated rings. The molecular formula is C9H9NO4. The molecule has 5 nitrogen and oxygen atoms in total. The first-order chi connectivity index (χ1) is 6.70. The number of aromatic amines is 1. The highest BCUT2D eigenvalue weighted by Crippen LogP contribution is 2.24. The number of hydrogen-bond acceptors (Lipinski definition) is 4. The van der Waals surface area contributed by atoms with E-state index in [9.17, 15) is 4.79 Å². The Bertz CT molecular complexity index is 437. The number of ether oxygens (including phenoxy) is 1. The van der Waals surface area contributed by atoms with Crippen LogP contribution in [0.25, 0.3) is 11.1 Å². The van der Waals surface area contributed by atoms with Crippen molar-refractivity contribution in [3.8, 4) is 5.95 Å². The van der Waals surface area contributed by atoms with E-state index < -0.39 is 5.97 Å². The zero-order valence-corrected chi connectivity index (χ0v) is 7.53. The molecule has 0 aromatic carbocycles. The average molecular weight is 195 g/mol. The number of rotatable bonds is 2. The molecule has 0 aliphatic carbocycles. The molecular weight excluding hydrogens is 186 g/mol. The number of nitrogens with one attached hydrogen (secondary N) is 1. The summed E-state index contributed by atoms with van der Waals surface area (Å²) in [5.41, 5.74) is 1.33. The van der Waals surface area contributed by atoms with Crippen LogP contribution in [0, 0.1) is 0 Å². The average Bonchev–Trinajstić information content (AvgIpc) is 2.61. The maximum absolute atomic E-state index is 11.2. The van der Waals surface area contributed by atoms with Crippen LogP contribution in [0.3, 0.4) is 0 Å². The molecule has 0 unspecified atom stereocenters. The number of hydrogen-bond donors (Lipinski definition) is 2. The second-order valence-electron chi connectivity index (χ2n) is 2.77. The minimum atomic E-state index is -0.432. The van der Waals surface area contributed by atoms with E-state index in [1.54, 1.807) is 6.92 Å². The summed E-state index contributed by atoms with van der Waals surface area (Å²) in [4.78, 5) is 14.0. The Kier molecular flexibility index (Phi) is 1.92. The van der Waals surface area contributed by atoms with Gasteiger partial charge in [0.15, 0.2) is 5.58 Å². The molecule has 2 rings (SSSR count). The van der Waals surface area contributed by atoms with Gasteiger partial charge in [-0.15, -0.1) is 0 Å². The van der Waals surface area contributed by atoms with Gasteiger partial charge in [-0.05, 0) is 6.92 Å². The van der Waals surface area contributed by atoms with Crippen molar-refractivity contribution in [3.63, 3.8) is 0 Å². The quantitative estimate of drug-likeness (QED) is 0.714. The lowest BCUT2D eigenvalue weighted by atomic mass is 10.4. The van der Waals surface area contributed by atoms with Crippen molar-refractivity contribution in [2.75, 3.05) is 6.61 Å². The molecule has 0 amide bonds. The minimum absolute atomic E-state index is 0.179. The fourth-order valence-electron chi connectivity index (χ4n) is 1.23. The molecule has 74 valence electrons. The number of carbonyl (C=O) groups is 1. The van der Waals surface area contributed by atoms with Crippen LogP contribution in [0.1, 0.15) is 17.4 Å². The van der Waals surface area contributed by atoms with Crippen molar-refractivity contribution in [3.05, 3.63) is 17.8 Å². The van der Waals surface area contributed by atoms with Gasteiger partial charge in [0.25, 0.3) is 5.95 Å². The van der Waals surface area contributed by atoms with E-state index >= 15 is 0 Å². The van der Waals surface area contributed by atoms with Crippen LogP contribution < -0.4 is 0 Å². The molecule has 0 bridgehead atoms. The topological polar surface area (TPSA) is 75.5 Å². The third-order valence-electron chi connectivity index (χ3n) is 1.79. The van der Waals surface area contributed by atoms with Crippen molar-refractivity contribution in [2.24, 2.45) is 0 Å². The lowest BCUT2D eigenvalue weighted by Gasteiger charge is -1.96. The van der Waals surface area contributed by atoms with Gasteiger partial charge in [0.1, 0.15) is 5.69 Å². The van der Waals surface area contributed by atoms with E-state index in [1.807, 2.05) is 0 Å². The number of fused-ring (bicyclic) bond motifs is 1. The molecule has 0 saturated heterocycles. The molecule has 14 heavy (non-hydrogen) atoms. The maximum Gasteiger partial charge on any atom is 0.354 e. The predicted octanol–water partition coefficient (Wildman–Crippen LogP) is 1.64. The molecule has 0 spiro atoms. The zero-order valence-electron chi connectivity index (χ0n) is 7.53. The van der Waals surface area contributed by atoms with Crippen LogP contribution in [-0.4, -0.2) is 22.7 Å². The van der Waals surface area contributed by atoms with E-state index in [-0.39, 0.29) is 5.95 Å². The highest BCUT2D eigenvalue weighted by Gasteiger charge is 2.13. The smallest absolute Gasteiger partial charge is 0.354 e. The number of H-pyrrole nitrogens is 1. The zero-order chi connectivity index (χ0) is 10.1. The van der Waals surface area contributed by atoms with E-state index in [1.165, 1.54) is 12.1 Å². The number of esters is 1. The van der Waals surface area contributed by atoms with Gasteiger partial charge in [-0.3, -0.25) is 0 Å². The molecule has 0 atom stereocenters. The Morgan fingerprint density at radius 2 is 2.43 bits per heavy atom. The molecule has 0 aliphatic heterocycles. The number of aromatic nitrogens is 1. The molecule has 2 heterocycles. The molecule has 0 radical (unpaired) electrons. The second-order valence-corrected chi connectivity index (χ2v) is 2.77. The van der Waals surface area contributed by atoms with Crippen LogP contribution in [0.15, 0.2) is 16.5 Å². The van der Waals surface area contributed by atoms with Gasteiger partial charge >= 0.3 is 5.97 Å². The van der Waals surface area contributed by atoms with Crippen LogP contribution in [0.2, 0.25) is 0 Å². The number of carbonyl (C=O) groups excluding carboxylic acids is 1. The summed E-state index contributed by atoms with van der Waals surface area (Å²) in [6, 6.07) is 2.89. The van der Waals surface area contributed by atoms with Gasteiger partial charge in [0.05, 0.1) is 12.1 Å². The van der Waals surface area contributed by atoms with Crippen molar-refractivity contribution >= 4 is 17.1 Å². The van der Waals surface area contributed by atoms with Gasteiger partial charge in [-0.2, -0.15) is 0 Å². The predicted molar refractivity (Wildman–Crippen MR) is 48.2 cm³/mol. The lowest BCUT2D eigenvalue weighted by molar-refractivity contribution is 0.0520. The van der Waals surface area contributed by atoms with Gasteiger partial charge in [0.2, 0.25) is 0 Å². The normalized spacial score (nSPS) is 10.6. The fourth-order valence-corrected chi connectivity index (χ4v) is 1.23. The van der Waals surface area contributed by atoms with Crippen molar-refractivity contribution < 1.29 is 19.1 Å². The molecule has 0 saturated carbocycles. The molecule has 2 aromatic rings. The molecule has 2 aromatic heterocycles. The summed E-state index contributed by atoms with van der Waals surface area (Å²) in [5, 5.41) is 8.98.